The van der Waals surface area contributed by atoms with E-state index in [-0.39, 0.29) is 70.8 Å². The summed E-state index contributed by atoms with van der Waals surface area (Å²) in [7, 11) is 0. The topological polar surface area (TPSA) is 97.3 Å². The van der Waals surface area contributed by atoms with E-state index in [0.717, 1.165) is 12.7 Å². The van der Waals surface area contributed by atoms with Crippen LogP contribution in [0.4, 0.5) is 0 Å². The Labute approximate surface area is 143 Å². The van der Waals surface area contributed by atoms with Crippen molar-refractivity contribution in [2.75, 3.05) is 0 Å². The maximum absolute atomic E-state index is 11.0. The molecule has 0 saturated carbocycles. The van der Waals surface area contributed by atoms with Gasteiger partial charge in [-0.2, -0.15) is 0 Å². The Morgan fingerprint density at radius 1 is 1.31 bits per heavy atom. The second kappa shape index (κ2) is 18.8. The van der Waals surface area contributed by atoms with Gasteiger partial charge in [-0.15, -0.1) is 11.4 Å². The number of carbonyl (C=O) groups excluding carboxylic acids is 2. The molecule has 1 atom stereocenters. The summed E-state index contributed by atoms with van der Waals surface area (Å²) in [5, 5.41) is 0. The van der Waals surface area contributed by atoms with Gasteiger partial charge in [0.05, 0.1) is 5.92 Å². The van der Waals surface area contributed by atoms with Gasteiger partial charge in [0.2, 0.25) is 0 Å². The molecule has 0 N–H and O–H groups in total. The van der Waals surface area contributed by atoms with Crippen LogP contribution in [0.2, 0.25) is 0 Å². The molecule has 0 aromatic heterocycles. The molecule has 0 aliphatic rings. The van der Waals surface area contributed by atoms with Crippen LogP contribution in [-0.4, -0.2) is 25.4 Å². The van der Waals surface area contributed by atoms with E-state index in [1.54, 1.807) is 0 Å². The molecule has 0 rings (SSSR count). The fourth-order valence-corrected chi connectivity index (χ4v) is 0.832. The summed E-state index contributed by atoms with van der Waals surface area (Å²) in [6.07, 6.45) is 2.76. The van der Waals surface area contributed by atoms with Crippen molar-refractivity contribution in [3.8, 4) is 0 Å². The van der Waals surface area contributed by atoms with Gasteiger partial charge in [-0.05, 0) is 12.8 Å². The second-order valence-electron chi connectivity index (χ2n) is 2.57. The molecule has 5 nitrogen and oxygen atoms in total. The number of ketones is 1. The average molecular weight is 268 g/mol. The first-order valence-corrected chi connectivity index (χ1v) is 5.24. The zero-order valence-electron chi connectivity index (χ0n) is 10.2. The summed E-state index contributed by atoms with van der Waals surface area (Å²) in [4.78, 5) is 21.2. The molecule has 0 heterocycles. The van der Waals surface area contributed by atoms with Crippen molar-refractivity contribution in [3.63, 3.8) is 0 Å². The van der Waals surface area contributed by atoms with Crippen molar-refractivity contribution in [3.05, 3.63) is 0 Å². The van der Waals surface area contributed by atoms with Crippen LogP contribution in [0.15, 0.2) is 0 Å². The molecule has 0 aliphatic heterocycles. The van der Waals surface area contributed by atoms with Crippen LogP contribution in [0, 0.1) is 5.92 Å². The monoisotopic (exact) mass is 268 g/mol. The van der Waals surface area contributed by atoms with Crippen LogP contribution in [-0.2, 0) is 21.0 Å². The predicted molar refractivity (Wildman–Crippen MR) is 49.5 cm³/mol. The molecule has 0 aromatic carbocycles. The van der Waals surface area contributed by atoms with Gasteiger partial charge < -0.3 is 13.9 Å². The van der Waals surface area contributed by atoms with E-state index in [9.17, 15) is 9.59 Å². The average Bonchev–Trinajstić information content (AvgIpc) is 2.06. The second-order valence-corrected chi connectivity index (χ2v) is 2.98. The minimum absolute atomic E-state index is 0. The first kappa shape index (κ1) is 26.1. The molecule has 84 valence electrons. The standard InChI is InChI=1S/C8H14O2.2Na.H2O3S/c1-3-5-8(10)7(4-2)6-9;;;1-4(2)3/h6-7H,3-5H2,1-2H3;;;(H2,1,2,3)/q;2*+1;/p-2. The van der Waals surface area contributed by atoms with E-state index in [1.807, 2.05) is 13.8 Å². The smallest absolute Gasteiger partial charge is 0.784 e. The fraction of sp³-hybridized carbons (Fsp3) is 0.750. The van der Waals surface area contributed by atoms with Crippen molar-refractivity contribution in [2.24, 2.45) is 5.92 Å². The van der Waals surface area contributed by atoms with E-state index in [0.29, 0.717) is 12.8 Å². The molecule has 16 heavy (non-hydrogen) atoms. The molecular formula is C8H14Na2O5S. The van der Waals surface area contributed by atoms with Crippen LogP contribution in [0.1, 0.15) is 33.1 Å². The number of rotatable bonds is 5. The van der Waals surface area contributed by atoms with Gasteiger partial charge in [0.1, 0.15) is 12.1 Å². The van der Waals surface area contributed by atoms with Crippen molar-refractivity contribution < 1.29 is 82.0 Å². The minimum Gasteiger partial charge on any atom is -0.784 e. The summed E-state index contributed by atoms with van der Waals surface area (Å²) in [5.74, 6) is -0.264. The fourth-order valence-electron chi connectivity index (χ4n) is 0.832. The molecule has 8 heteroatoms. The summed E-state index contributed by atoms with van der Waals surface area (Å²) in [6.45, 7) is 3.79. The minimum atomic E-state index is -3.11. The van der Waals surface area contributed by atoms with E-state index in [1.165, 1.54) is 0 Å². The number of Topliss-reactive ketones (excluding diaryl/α,β-unsaturated/α-hetero) is 1. The molecule has 0 spiro atoms. The number of aldehydes is 1. The molecular weight excluding hydrogens is 254 g/mol. The normalized spacial score (nSPS) is 10.1. The molecule has 0 fully saturated rings. The number of hydrogen-bond donors (Lipinski definition) is 0. The van der Waals surface area contributed by atoms with Gasteiger partial charge in [-0.3, -0.25) is 9.00 Å². The third-order valence-electron chi connectivity index (χ3n) is 1.51. The quantitative estimate of drug-likeness (QED) is 0.214. The Hall–Kier alpha value is 1.41. The Morgan fingerprint density at radius 3 is 1.88 bits per heavy atom. The zero-order chi connectivity index (χ0) is 11.6. The van der Waals surface area contributed by atoms with Gasteiger partial charge >= 0.3 is 59.1 Å². The van der Waals surface area contributed by atoms with Crippen molar-refractivity contribution in [1.29, 1.82) is 0 Å². The number of carbonyl (C=O) groups is 2. The molecule has 0 aliphatic carbocycles. The summed E-state index contributed by atoms with van der Waals surface area (Å²) in [6, 6.07) is 0. The van der Waals surface area contributed by atoms with Crippen molar-refractivity contribution in [2.45, 2.75) is 33.1 Å². The Kier molecular flexibility index (Phi) is 30.6. The summed E-state index contributed by atoms with van der Waals surface area (Å²) < 4.78 is 25.3. The van der Waals surface area contributed by atoms with Gasteiger partial charge in [0.25, 0.3) is 0 Å². The third kappa shape index (κ3) is 20.8. The van der Waals surface area contributed by atoms with Gasteiger partial charge in [0, 0.05) is 6.42 Å². The van der Waals surface area contributed by atoms with Crippen LogP contribution >= 0.6 is 0 Å². The Balaban J connectivity index is -0.000000105. The molecule has 0 saturated heterocycles. The molecule has 0 radical (unpaired) electrons. The molecule has 0 amide bonds. The zero-order valence-corrected chi connectivity index (χ0v) is 15.0. The maximum Gasteiger partial charge on any atom is 1.00 e. The van der Waals surface area contributed by atoms with E-state index in [4.69, 9.17) is 13.3 Å². The first-order chi connectivity index (χ1) is 6.49. The van der Waals surface area contributed by atoms with Crippen LogP contribution < -0.4 is 59.1 Å². The molecule has 0 aromatic rings. The summed E-state index contributed by atoms with van der Waals surface area (Å²) in [5.41, 5.74) is 0. The number of hydrogen-bond acceptors (Lipinski definition) is 5. The van der Waals surface area contributed by atoms with Crippen LogP contribution in [0.3, 0.4) is 0 Å². The predicted octanol–water partition coefficient (Wildman–Crippen LogP) is -5.42. The van der Waals surface area contributed by atoms with Gasteiger partial charge in [-0.25, -0.2) is 0 Å². The van der Waals surface area contributed by atoms with Gasteiger partial charge in [0.15, 0.2) is 0 Å². The van der Waals surface area contributed by atoms with Crippen LogP contribution in [0.5, 0.6) is 0 Å². The van der Waals surface area contributed by atoms with E-state index >= 15 is 0 Å². The maximum atomic E-state index is 11.0. The van der Waals surface area contributed by atoms with Gasteiger partial charge in [-0.1, -0.05) is 13.8 Å². The van der Waals surface area contributed by atoms with E-state index < -0.39 is 11.4 Å². The SMILES string of the molecule is CCCC(=O)C(C=O)CC.O=S([O-])[O-].[Na+].[Na+]. The molecule has 1 unspecified atom stereocenters. The summed E-state index contributed by atoms with van der Waals surface area (Å²) >= 11 is -3.11. The van der Waals surface area contributed by atoms with Crippen molar-refractivity contribution >= 4 is 23.4 Å². The van der Waals surface area contributed by atoms with Crippen LogP contribution in [0.25, 0.3) is 0 Å². The van der Waals surface area contributed by atoms with Crippen molar-refractivity contribution in [1.82, 2.24) is 0 Å². The van der Waals surface area contributed by atoms with E-state index in [2.05, 4.69) is 0 Å². The Morgan fingerprint density at radius 2 is 1.69 bits per heavy atom. The first-order valence-electron chi connectivity index (χ1n) is 4.24. The molecule has 0 bridgehead atoms. The Bertz CT molecular complexity index is 197. The third-order valence-corrected chi connectivity index (χ3v) is 1.51. The largest absolute Gasteiger partial charge is 1.00 e.